The van der Waals surface area contributed by atoms with Crippen LogP contribution in [0.4, 0.5) is 0 Å². The number of nitrogens with zero attached hydrogens (tertiary/aromatic N) is 1. The van der Waals surface area contributed by atoms with E-state index in [0.29, 0.717) is 17.9 Å². The van der Waals surface area contributed by atoms with Gasteiger partial charge < -0.3 is 20.5 Å². The second-order valence-electron chi connectivity index (χ2n) is 8.76. The van der Waals surface area contributed by atoms with Gasteiger partial charge in [0.15, 0.2) is 0 Å². The predicted octanol–water partition coefficient (Wildman–Crippen LogP) is 1.90. The van der Waals surface area contributed by atoms with Crippen molar-refractivity contribution in [2.45, 2.75) is 52.6 Å². The van der Waals surface area contributed by atoms with Crippen molar-refractivity contribution in [1.29, 1.82) is 0 Å². The molecule has 0 bridgehead atoms. The fraction of sp³-hybridized carbons (Fsp3) is 0.591. The number of aliphatic carboxylic acids is 1. The van der Waals surface area contributed by atoms with E-state index in [1.165, 1.54) is 19.8 Å². The van der Waals surface area contributed by atoms with Crippen molar-refractivity contribution in [3.05, 3.63) is 29.8 Å². The molecule has 1 aromatic carbocycles. The van der Waals surface area contributed by atoms with E-state index in [1.807, 2.05) is 0 Å². The van der Waals surface area contributed by atoms with Crippen LogP contribution in [0.3, 0.4) is 0 Å². The number of hydrogen-bond acceptors (Lipinski definition) is 5. The number of carbonyl (C=O) groups is 3. The summed E-state index contributed by atoms with van der Waals surface area (Å²) >= 11 is 0. The van der Waals surface area contributed by atoms with E-state index in [2.05, 4.69) is 15.5 Å². The summed E-state index contributed by atoms with van der Waals surface area (Å²) in [7, 11) is 0. The van der Waals surface area contributed by atoms with Crippen LogP contribution in [0.15, 0.2) is 24.3 Å². The number of benzene rings is 1. The lowest BCUT2D eigenvalue weighted by Crippen LogP contribution is -2.56. The number of rotatable bonds is 9. The summed E-state index contributed by atoms with van der Waals surface area (Å²) in [4.78, 5) is 38.6. The molecule has 0 aliphatic carbocycles. The second kappa shape index (κ2) is 10.4. The van der Waals surface area contributed by atoms with Gasteiger partial charge in [-0.3, -0.25) is 19.3 Å². The molecule has 0 radical (unpaired) electrons. The summed E-state index contributed by atoms with van der Waals surface area (Å²) in [5.74, 6) is -1.39. The van der Waals surface area contributed by atoms with Gasteiger partial charge in [-0.05, 0) is 62.5 Å². The van der Waals surface area contributed by atoms with Gasteiger partial charge >= 0.3 is 5.97 Å². The normalized spacial score (nSPS) is 16.5. The summed E-state index contributed by atoms with van der Waals surface area (Å²) in [5, 5.41) is 14.2. The fourth-order valence-electron chi connectivity index (χ4n) is 3.25. The summed E-state index contributed by atoms with van der Waals surface area (Å²) in [6.45, 7) is 10.5. The quantitative estimate of drug-likeness (QED) is 0.564. The van der Waals surface area contributed by atoms with Crippen molar-refractivity contribution in [3.63, 3.8) is 0 Å². The number of amides is 2. The van der Waals surface area contributed by atoms with Crippen LogP contribution in [0, 0.1) is 5.41 Å². The molecular formula is C22H33N3O5. The first kappa shape index (κ1) is 23.7. The van der Waals surface area contributed by atoms with Crippen molar-refractivity contribution in [2.75, 3.05) is 26.2 Å². The molecule has 0 aromatic heterocycles. The number of carboxylic acids is 1. The van der Waals surface area contributed by atoms with Crippen LogP contribution in [0.2, 0.25) is 0 Å². The summed E-state index contributed by atoms with van der Waals surface area (Å²) < 4.78 is 5.75. The van der Waals surface area contributed by atoms with E-state index >= 15 is 0 Å². The van der Waals surface area contributed by atoms with Gasteiger partial charge in [0.25, 0.3) is 5.91 Å². The van der Waals surface area contributed by atoms with Crippen molar-refractivity contribution >= 4 is 17.8 Å². The highest BCUT2D eigenvalue weighted by atomic mass is 16.5. The standard InChI is InChI=1S/C22H33N3O5/c1-15(21(28)29)23-20(27)18(22(2,3)4)24-19(26)16-7-9-17(10-8-16)30-14-13-25-11-5-6-12-25/h7-10,15,18H,5-6,11-14H2,1-4H3,(H,23,27)(H,24,26)(H,28,29). The van der Waals surface area contributed by atoms with Crippen LogP contribution in [0.1, 0.15) is 50.9 Å². The predicted molar refractivity (Wildman–Crippen MR) is 114 cm³/mol. The Kier molecular flexibility index (Phi) is 8.23. The average Bonchev–Trinajstić information content (AvgIpc) is 3.18. The van der Waals surface area contributed by atoms with E-state index < -0.39 is 35.3 Å². The molecule has 2 rings (SSSR count). The zero-order chi connectivity index (χ0) is 22.3. The highest BCUT2D eigenvalue weighted by molar-refractivity contribution is 5.98. The van der Waals surface area contributed by atoms with Crippen molar-refractivity contribution in [1.82, 2.24) is 15.5 Å². The molecule has 3 N–H and O–H groups in total. The molecule has 1 aliphatic heterocycles. The lowest BCUT2D eigenvalue weighted by molar-refractivity contribution is -0.142. The molecule has 1 aliphatic rings. The van der Waals surface area contributed by atoms with Gasteiger partial charge in [0, 0.05) is 12.1 Å². The minimum absolute atomic E-state index is 0.398. The largest absolute Gasteiger partial charge is 0.492 e. The lowest BCUT2D eigenvalue weighted by Gasteiger charge is -2.31. The zero-order valence-electron chi connectivity index (χ0n) is 18.2. The van der Waals surface area contributed by atoms with Crippen molar-refractivity contribution < 1.29 is 24.2 Å². The molecule has 8 nitrogen and oxygen atoms in total. The van der Waals surface area contributed by atoms with E-state index in [9.17, 15) is 14.4 Å². The van der Waals surface area contributed by atoms with Crippen LogP contribution in [0.25, 0.3) is 0 Å². The van der Waals surface area contributed by atoms with Gasteiger partial charge in [-0.2, -0.15) is 0 Å². The Morgan fingerprint density at radius 1 is 1.10 bits per heavy atom. The maximum absolute atomic E-state index is 12.7. The molecule has 1 heterocycles. The minimum atomic E-state index is -1.14. The molecule has 1 aromatic rings. The van der Waals surface area contributed by atoms with Gasteiger partial charge in [0.05, 0.1) is 0 Å². The zero-order valence-corrected chi connectivity index (χ0v) is 18.2. The molecule has 0 spiro atoms. The Labute approximate surface area is 178 Å². The number of hydrogen-bond donors (Lipinski definition) is 3. The Hall–Kier alpha value is -2.61. The Balaban J connectivity index is 1.94. The summed E-state index contributed by atoms with van der Waals surface area (Å²) in [5.41, 5.74) is -0.202. The van der Waals surface area contributed by atoms with Crippen LogP contribution >= 0.6 is 0 Å². The number of likely N-dealkylation sites (tertiary alicyclic amines) is 1. The first-order chi connectivity index (χ1) is 14.1. The van der Waals surface area contributed by atoms with E-state index in [4.69, 9.17) is 9.84 Å². The fourth-order valence-corrected chi connectivity index (χ4v) is 3.25. The van der Waals surface area contributed by atoms with Crippen LogP contribution in [0.5, 0.6) is 5.75 Å². The van der Waals surface area contributed by atoms with E-state index in [0.717, 1.165) is 19.6 Å². The molecular weight excluding hydrogens is 386 g/mol. The molecule has 166 valence electrons. The Bertz CT molecular complexity index is 736. The number of nitrogens with one attached hydrogen (secondary N) is 2. The molecule has 8 heteroatoms. The molecule has 1 saturated heterocycles. The summed E-state index contributed by atoms with van der Waals surface area (Å²) in [6.07, 6.45) is 2.49. The topological polar surface area (TPSA) is 108 Å². The third kappa shape index (κ3) is 7.02. The van der Waals surface area contributed by atoms with Gasteiger partial charge in [0.1, 0.15) is 24.4 Å². The smallest absolute Gasteiger partial charge is 0.325 e. The van der Waals surface area contributed by atoms with Crippen molar-refractivity contribution in [3.8, 4) is 5.75 Å². The van der Waals surface area contributed by atoms with Gasteiger partial charge in [-0.25, -0.2) is 0 Å². The molecule has 2 amide bonds. The molecule has 30 heavy (non-hydrogen) atoms. The second-order valence-corrected chi connectivity index (χ2v) is 8.76. The van der Waals surface area contributed by atoms with E-state index in [-0.39, 0.29) is 0 Å². The maximum Gasteiger partial charge on any atom is 0.325 e. The summed E-state index contributed by atoms with van der Waals surface area (Å²) in [6, 6.07) is 4.84. The Morgan fingerprint density at radius 3 is 2.23 bits per heavy atom. The first-order valence-electron chi connectivity index (χ1n) is 10.4. The van der Waals surface area contributed by atoms with Gasteiger partial charge in [-0.1, -0.05) is 20.8 Å². The lowest BCUT2D eigenvalue weighted by atomic mass is 9.85. The highest BCUT2D eigenvalue weighted by Crippen LogP contribution is 2.21. The molecule has 2 atom stereocenters. The highest BCUT2D eigenvalue weighted by Gasteiger charge is 2.34. The molecule has 2 unspecified atom stereocenters. The average molecular weight is 420 g/mol. The van der Waals surface area contributed by atoms with Crippen LogP contribution in [-0.4, -0.2) is 66.1 Å². The number of carboxylic acid groups (broad SMARTS) is 1. The minimum Gasteiger partial charge on any atom is -0.492 e. The third-order valence-corrected chi connectivity index (χ3v) is 5.12. The van der Waals surface area contributed by atoms with E-state index in [1.54, 1.807) is 45.0 Å². The SMILES string of the molecule is CC(NC(=O)C(NC(=O)c1ccc(OCCN2CCCC2)cc1)C(C)(C)C)C(=O)O. The maximum atomic E-state index is 12.7. The van der Waals surface area contributed by atoms with Gasteiger partial charge in [-0.15, -0.1) is 0 Å². The molecule has 0 saturated carbocycles. The van der Waals surface area contributed by atoms with Crippen LogP contribution < -0.4 is 15.4 Å². The third-order valence-electron chi connectivity index (χ3n) is 5.12. The monoisotopic (exact) mass is 419 g/mol. The first-order valence-corrected chi connectivity index (χ1v) is 10.4. The number of carbonyl (C=O) groups excluding carboxylic acids is 2. The van der Waals surface area contributed by atoms with Crippen LogP contribution in [-0.2, 0) is 9.59 Å². The number of ether oxygens (including phenoxy) is 1. The van der Waals surface area contributed by atoms with Gasteiger partial charge in [0.2, 0.25) is 5.91 Å². The Morgan fingerprint density at radius 2 is 1.70 bits per heavy atom. The molecule has 1 fully saturated rings. The van der Waals surface area contributed by atoms with Crippen molar-refractivity contribution in [2.24, 2.45) is 5.41 Å².